The number of para-hydroxylation sites is 1. The molecule has 1 spiro atoms. The van der Waals surface area contributed by atoms with Crippen LogP contribution in [0.1, 0.15) is 37.4 Å². The highest BCUT2D eigenvalue weighted by Gasteiger charge is 2.56. The molecular formula is C27H20N2O2. The number of aryl methyl sites for hydroxylation is 1. The number of anilines is 1. The Morgan fingerprint density at radius 3 is 2.32 bits per heavy atom. The molecular weight excluding hydrogens is 384 g/mol. The molecule has 1 aliphatic heterocycles. The summed E-state index contributed by atoms with van der Waals surface area (Å²) in [6, 6.07) is 27.2. The third-order valence-corrected chi connectivity index (χ3v) is 6.45. The molecule has 6 rings (SSSR count). The molecule has 2 aliphatic rings. The van der Waals surface area contributed by atoms with Crippen molar-refractivity contribution in [3.05, 3.63) is 113 Å². The van der Waals surface area contributed by atoms with Crippen molar-refractivity contribution >= 4 is 28.2 Å². The highest BCUT2D eigenvalue weighted by molar-refractivity contribution is 6.23. The van der Waals surface area contributed by atoms with Crippen LogP contribution in [0.3, 0.4) is 0 Å². The van der Waals surface area contributed by atoms with Gasteiger partial charge in [-0.05, 0) is 30.0 Å². The van der Waals surface area contributed by atoms with Crippen molar-refractivity contribution in [3.8, 4) is 0 Å². The van der Waals surface area contributed by atoms with Crippen LogP contribution in [0.4, 0.5) is 5.69 Å². The quantitative estimate of drug-likeness (QED) is 0.495. The molecule has 0 saturated carbocycles. The summed E-state index contributed by atoms with van der Waals surface area (Å²) in [6.45, 7) is 2.36. The lowest BCUT2D eigenvalue weighted by molar-refractivity contribution is 0.0423. The van der Waals surface area contributed by atoms with Crippen LogP contribution < -0.4 is 5.32 Å². The summed E-state index contributed by atoms with van der Waals surface area (Å²) < 4.78 is 0. The number of carbonyl (C=O) groups is 2. The van der Waals surface area contributed by atoms with Gasteiger partial charge in [0.25, 0.3) is 5.91 Å². The molecule has 1 heterocycles. The van der Waals surface area contributed by atoms with E-state index in [2.05, 4.69) is 5.32 Å². The normalized spacial score (nSPS) is 19.1. The Balaban J connectivity index is 1.61. The third-order valence-electron chi connectivity index (χ3n) is 6.45. The maximum absolute atomic E-state index is 14.0. The number of benzene rings is 4. The fourth-order valence-electron chi connectivity index (χ4n) is 4.95. The van der Waals surface area contributed by atoms with Crippen LogP contribution in [0, 0.1) is 6.92 Å². The molecule has 0 bridgehead atoms. The molecule has 31 heavy (non-hydrogen) atoms. The predicted octanol–water partition coefficient (Wildman–Crippen LogP) is 5.27. The minimum absolute atomic E-state index is 0.0886. The number of ketones is 1. The van der Waals surface area contributed by atoms with E-state index in [9.17, 15) is 9.59 Å². The van der Waals surface area contributed by atoms with Gasteiger partial charge in [0.2, 0.25) is 11.4 Å². The smallest absolute Gasteiger partial charge is 0.258 e. The maximum Gasteiger partial charge on any atom is 0.258 e. The van der Waals surface area contributed by atoms with Gasteiger partial charge in [0.1, 0.15) is 0 Å². The van der Waals surface area contributed by atoms with Gasteiger partial charge in [-0.25, -0.2) is 0 Å². The van der Waals surface area contributed by atoms with E-state index in [1.807, 2.05) is 91.9 Å². The SMILES string of the molecule is Cc1ccc(CN2C(=O)c3ccccc3NC23C(=O)c2cccc4cccc3c24)cc1. The zero-order valence-corrected chi connectivity index (χ0v) is 17.1. The van der Waals surface area contributed by atoms with Gasteiger partial charge in [-0.15, -0.1) is 0 Å². The second kappa shape index (κ2) is 6.29. The van der Waals surface area contributed by atoms with Gasteiger partial charge in [-0.1, -0.05) is 78.4 Å². The molecule has 0 radical (unpaired) electrons. The highest BCUT2D eigenvalue weighted by Crippen LogP contribution is 2.48. The molecule has 4 aromatic rings. The first kappa shape index (κ1) is 17.9. The maximum atomic E-state index is 14.0. The van der Waals surface area contributed by atoms with Crippen LogP contribution >= 0.6 is 0 Å². The lowest BCUT2D eigenvalue weighted by atomic mass is 9.91. The van der Waals surface area contributed by atoms with E-state index in [1.165, 1.54) is 0 Å². The van der Waals surface area contributed by atoms with Crippen molar-refractivity contribution in [2.75, 3.05) is 5.32 Å². The van der Waals surface area contributed by atoms with Crippen LogP contribution in [0.5, 0.6) is 0 Å². The first-order chi connectivity index (χ1) is 15.1. The van der Waals surface area contributed by atoms with Gasteiger partial charge < -0.3 is 10.2 Å². The van der Waals surface area contributed by atoms with Gasteiger partial charge >= 0.3 is 0 Å². The Labute approximate surface area is 180 Å². The lowest BCUT2D eigenvalue weighted by Gasteiger charge is -2.45. The molecule has 150 valence electrons. The minimum Gasteiger partial charge on any atom is -0.352 e. The van der Waals surface area contributed by atoms with Gasteiger partial charge in [-0.2, -0.15) is 0 Å². The Kier molecular flexibility index (Phi) is 3.63. The molecule has 0 fully saturated rings. The summed E-state index contributed by atoms with van der Waals surface area (Å²) in [4.78, 5) is 29.5. The summed E-state index contributed by atoms with van der Waals surface area (Å²) in [5.74, 6) is -0.234. The predicted molar refractivity (Wildman–Crippen MR) is 121 cm³/mol. The average molecular weight is 404 g/mol. The van der Waals surface area contributed by atoms with Crippen molar-refractivity contribution in [2.45, 2.75) is 19.1 Å². The summed E-state index contributed by atoms with van der Waals surface area (Å²) in [7, 11) is 0. The molecule has 1 unspecified atom stereocenters. The summed E-state index contributed by atoms with van der Waals surface area (Å²) in [6.07, 6.45) is 0. The average Bonchev–Trinajstić information content (AvgIpc) is 3.03. The molecule has 4 aromatic carbocycles. The number of nitrogens with zero attached hydrogens (tertiary/aromatic N) is 1. The zero-order chi connectivity index (χ0) is 21.2. The molecule has 0 saturated heterocycles. The number of nitrogens with one attached hydrogen (secondary N) is 1. The summed E-state index contributed by atoms with van der Waals surface area (Å²) >= 11 is 0. The van der Waals surface area contributed by atoms with Crippen molar-refractivity contribution in [3.63, 3.8) is 0 Å². The number of fused-ring (bicyclic) bond motifs is 2. The fourth-order valence-corrected chi connectivity index (χ4v) is 4.95. The van der Waals surface area contributed by atoms with E-state index in [4.69, 9.17) is 0 Å². The van der Waals surface area contributed by atoms with Crippen LogP contribution in [-0.4, -0.2) is 16.6 Å². The zero-order valence-electron chi connectivity index (χ0n) is 17.1. The number of hydrogen-bond acceptors (Lipinski definition) is 3. The number of hydrogen-bond donors (Lipinski definition) is 1. The largest absolute Gasteiger partial charge is 0.352 e. The standard InChI is InChI=1S/C27H20N2O2/c1-17-12-14-18(15-13-17)16-29-26(31)20-8-2-3-11-23(20)28-27(29)22-10-5-7-19-6-4-9-21(24(19)22)25(27)30/h2-15,28H,16H2,1H3. The van der Waals surface area contributed by atoms with E-state index in [-0.39, 0.29) is 11.7 Å². The van der Waals surface area contributed by atoms with Crippen molar-refractivity contribution in [1.82, 2.24) is 4.90 Å². The summed E-state index contributed by atoms with van der Waals surface area (Å²) in [5.41, 5.74) is 3.63. The molecule has 0 aromatic heterocycles. The fraction of sp³-hybridized carbons (Fsp3) is 0.111. The van der Waals surface area contributed by atoms with E-state index >= 15 is 0 Å². The Morgan fingerprint density at radius 2 is 1.52 bits per heavy atom. The van der Waals surface area contributed by atoms with Crippen LogP contribution in [-0.2, 0) is 12.2 Å². The first-order valence-electron chi connectivity index (χ1n) is 10.4. The Hall–Kier alpha value is -3.92. The van der Waals surface area contributed by atoms with Crippen LogP contribution in [0.25, 0.3) is 10.8 Å². The van der Waals surface area contributed by atoms with E-state index < -0.39 is 5.66 Å². The number of Topliss-reactive ketones (excluding diaryl/α,β-unsaturated/α-hetero) is 1. The van der Waals surface area contributed by atoms with E-state index in [1.54, 1.807) is 4.90 Å². The van der Waals surface area contributed by atoms with Gasteiger partial charge in [-0.3, -0.25) is 9.59 Å². The molecule has 1 amide bonds. The summed E-state index contributed by atoms with van der Waals surface area (Å²) in [5, 5.41) is 5.42. The topological polar surface area (TPSA) is 49.4 Å². The molecule has 1 aliphatic carbocycles. The van der Waals surface area contributed by atoms with Gasteiger partial charge in [0, 0.05) is 28.7 Å². The molecule has 4 nitrogen and oxygen atoms in total. The van der Waals surface area contributed by atoms with Gasteiger partial charge in [0.05, 0.1) is 5.56 Å². The van der Waals surface area contributed by atoms with E-state index in [0.29, 0.717) is 23.4 Å². The molecule has 1 atom stereocenters. The Morgan fingerprint density at radius 1 is 0.806 bits per heavy atom. The van der Waals surface area contributed by atoms with Gasteiger partial charge in [0.15, 0.2) is 0 Å². The molecule has 4 heteroatoms. The van der Waals surface area contributed by atoms with E-state index in [0.717, 1.165) is 27.5 Å². The number of amides is 1. The molecule has 1 N–H and O–H groups in total. The highest BCUT2D eigenvalue weighted by atomic mass is 16.2. The van der Waals surface area contributed by atoms with Crippen molar-refractivity contribution in [2.24, 2.45) is 0 Å². The number of rotatable bonds is 2. The second-order valence-electron chi connectivity index (χ2n) is 8.30. The van der Waals surface area contributed by atoms with Crippen molar-refractivity contribution in [1.29, 1.82) is 0 Å². The second-order valence-corrected chi connectivity index (χ2v) is 8.30. The van der Waals surface area contributed by atoms with Crippen LogP contribution in [0.15, 0.2) is 84.9 Å². The van der Waals surface area contributed by atoms with Crippen molar-refractivity contribution < 1.29 is 9.59 Å². The minimum atomic E-state index is -1.26. The first-order valence-corrected chi connectivity index (χ1v) is 10.4. The third kappa shape index (κ3) is 2.36. The van der Waals surface area contributed by atoms with Crippen LogP contribution in [0.2, 0.25) is 0 Å². The monoisotopic (exact) mass is 404 g/mol. The number of carbonyl (C=O) groups excluding carboxylic acids is 2. The lowest BCUT2D eigenvalue weighted by Crippen LogP contribution is -2.60. The Bertz CT molecular complexity index is 1390.